The van der Waals surface area contributed by atoms with Gasteiger partial charge in [-0.15, -0.1) is 11.8 Å². The van der Waals surface area contributed by atoms with Gasteiger partial charge in [-0.1, -0.05) is 7.60 Å². The van der Waals surface area contributed by atoms with Crippen LogP contribution in [0.1, 0.15) is 0 Å². The summed E-state index contributed by atoms with van der Waals surface area (Å²) in [6, 6.07) is 0. The van der Waals surface area contributed by atoms with Crippen molar-refractivity contribution >= 4 is 19.4 Å². The van der Waals surface area contributed by atoms with Crippen LogP contribution in [0.2, 0.25) is 0 Å². The molecule has 0 spiro atoms. The second-order valence-electron chi connectivity index (χ2n) is 3.16. The molecule has 0 aromatic heterocycles. The molecule has 0 aromatic carbocycles. The SMILES string of the molecule is O=P([O-])([O-])CS[C@@H]1OC[C@H](O)[C@H](O)[C@H]1O.[Na+].[Na+]. The van der Waals surface area contributed by atoms with Crippen molar-refractivity contribution < 1.29 is 93.5 Å². The number of rotatable bonds is 3. The third kappa shape index (κ3) is 7.63. The summed E-state index contributed by atoms with van der Waals surface area (Å²) in [5, 5.41) is 27.7. The molecule has 0 aliphatic carbocycles. The quantitative estimate of drug-likeness (QED) is 0.346. The summed E-state index contributed by atoms with van der Waals surface area (Å²) in [7, 11) is -4.67. The van der Waals surface area contributed by atoms with Gasteiger partial charge in [0.2, 0.25) is 0 Å². The molecule has 1 aliphatic heterocycles. The fourth-order valence-corrected chi connectivity index (χ4v) is 2.94. The zero-order valence-electron chi connectivity index (χ0n) is 9.55. The molecule has 1 heterocycles. The van der Waals surface area contributed by atoms with Crippen LogP contribution in [0.5, 0.6) is 0 Å². The fourth-order valence-electron chi connectivity index (χ4n) is 1.09. The molecule has 4 atom stereocenters. The molecule has 7 nitrogen and oxygen atoms in total. The van der Waals surface area contributed by atoms with Crippen molar-refractivity contribution in [3.05, 3.63) is 0 Å². The molecular formula is C6H11Na2O7PS. The molecule has 1 aliphatic rings. The molecular weight excluding hydrogens is 293 g/mol. The summed E-state index contributed by atoms with van der Waals surface area (Å²) in [5.41, 5.74) is -1.74. The van der Waals surface area contributed by atoms with Crippen LogP contribution < -0.4 is 68.9 Å². The van der Waals surface area contributed by atoms with Gasteiger partial charge in [0.25, 0.3) is 0 Å². The number of aliphatic hydroxyl groups is 3. The minimum absolute atomic E-state index is 0. The van der Waals surface area contributed by atoms with Gasteiger partial charge in [-0.3, -0.25) is 0 Å². The maximum Gasteiger partial charge on any atom is 1.00 e. The van der Waals surface area contributed by atoms with E-state index in [2.05, 4.69) is 0 Å². The zero-order valence-corrected chi connectivity index (χ0v) is 15.3. The predicted octanol–water partition coefficient (Wildman–Crippen LogP) is -8.96. The Labute approximate surface area is 147 Å². The molecule has 1 rings (SSSR count). The van der Waals surface area contributed by atoms with Gasteiger partial charge < -0.3 is 34.4 Å². The molecule has 11 heteroatoms. The molecule has 0 radical (unpaired) electrons. The average Bonchev–Trinajstić information content (AvgIpc) is 2.12. The Hall–Kier alpha value is 2.34. The Morgan fingerprint density at radius 3 is 2.24 bits per heavy atom. The first-order chi connectivity index (χ1) is 6.81. The molecule has 0 unspecified atom stereocenters. The van der Waals surface area contributed by atoms with Crippen LogP contribution >= 0.6 is 19.4 Å². The Morgan fingerprint density at radius 1 is 1.24 bits per heavy atom. The Kier molecular flexibility index (Phi) is 11.8. The van der Waals surface area contributed by atoms with Crippen molar-refractivity contribution in [2.45, 2.75) is 23.7 Å². The van der Waals surface area contributed by atoms with Gasteiger partial charge in [0.1, 0.15) is 23.7 Å². The first-order valence-corrected chi connectivity index (χ1v) is 6.87. The smallest absolute Gasteiger partial charge is 0.810 e. The van der Waals surface area contributed by atoms with Crippen LogP contribution in [0.25, 0.3) is 0 Å². The van der Waals surface area contributed by atoms with Gasteiger partial charge >= 0.3 is 59.1 Å². The minimum atomic E-state index is -4.67. The Bertz CT molecular complexity index is 265. The molecule has 90 valence electrons. The largest absolute Gasteiger partial charge is 1.00 e. The van der Waals surface area contributed by atoms with E-state index >= 15 is 0 Å². The van der Waals surface area contributed by atoms with E-state index in [4.69, 9.17) is 9.84 Å². The van der Waals surface area contributed by atoms with Crippen LogP contribution in [-0.2, 0) is 9.30 Å². The van der Waals surface area contributed by atoms with E-state index in [1.165, 1.54) is 0 Å². The monoisotopic (exact) mass is 304 g/mol. The van der Waals surface area contributed by atoms with Crippen LogP contribution in [0.3, 0.4) is 0 Å². The number of hydrogen-bond donors (Lipinski definition) is 3. The number of thioether (sulfide) groups is 1. The Morgan fingerprint density at radius 2 is 1.76 bits per heavy atom. The summed E-state index contributed by atoms with van der Waals surface area (Å²) < 4.78 is 15.2. The maximum atomic E-state index is 10.3. The molecule has 1 fully saturated rings. The van der Waals surface area contributed by atoms with Crippen molar-refractivity contribution in [3.63, 3.8) is 0 Å². The van der Waals surface area contributed by atoms with Gasteiger partial charge in [0.05, 0.1) is 6.61 Å². The summed E-state index contributed by atoms with van der Waals surface area (Å²) in [4.78, 5) is 20.7. The van der Waals surface area contributed by atoms with Crippen LogP contribution in [-0.4, -0.2) is 51.2 Å². The van der Waals surface area contributed by atoms with Crippen molar-refractivity contribution in [2.24, 2.45) is 0 Å². The van der Waals surface area contributed by atoms with Crippen LogP contribution in [0, 0.1) is 0 Å². The van der Waals surface area contributed by atoms with Crippen molar-refractivity contribution in [2.75, 3.05) is 12.1 Å². The second kappa shape index (κ2) is 9.31. The van der Waals surface area contributed by atoms with Gasteiger partial charge in [0.15, 0.2) is 0 Å². The van der Waals surface area contributed by atoms with Crippen LogP contribution in [0.4, 0.5) is 0 Å². The van der Waals surface area contributed by atoms with E-state index in [1.807, 2.05) is 0 Å². The Balaban J connectivity index is 0. The van der Waals surface area contributed by atoms with E-state index in [-0.39, 0.29) is 65.7 Å². The van der Waals surface area contributed by atoms with Crippen molar-refractivity contribution in [3.8, 4) is 0 Å². The fraction of sp³-hybridized carbons (Fsp3) is 1.00. The number of aliphatic hydroxyl groups excluding tert-OH is 3. The standard InChI is InChI=1S/C6H13O7PS.2Na/c7-3-1-13-6(5(9)4(3)8)15-2-14(10,11)12;;/h3-9H,1-2H2,(H2,10,11,12);;/q;2*+1/p-2/t3-,4-,5+,6-;;/m0../s1. The average molecular weight is 304 g/mol. The number of hydrogen-bond acceptors (Lipinski definition) is 8. The predicted molar refractivity (Wildman–Crippen MR) is 47.8 cm³/mol. The topological polar surface area (TPSA) is 133 Å². The summed E-state index contributed by atoms with van der Waals surface area (Å²) in [6.07, 6.45) is -4.01. The van der Waals surface area contributed by atoms with E-state index in [9.17, 15) is 24.6 Å². The van der Waals surface area contributed by atoms with E-state index in [0.29, 0.717) is 11.8 Å². The van der Waals surface area contributed by atoms with Gasteiger partial charge in [-0.05, 0) is 0 Å². The molecule has 1 saturated heterocycles. The molecule has 3 N–H and O–H groups in total. The molecule has 0 aromatic rings. The second-order valence-corrected chi connectivity index (χ2v) is 6.21. The van der Waals surface area contributed by atoms with Crippen LogP contribution in [0.15, 0.2) is 0 Å². The molecule has 0 bridgehead atoms. The van der Waals surface area contributed by atoms with Crippen molar-refractivity contribution in [1.82, 2.24) is 0 Å². The van der Waals surface area contributed by atoms with Crippen molar-refractivity contribution in [1.29, 1.82) is 0 Å². The van der Waals surface area contributed by atoms with Gasteiger partial charge in [0, 0.05) is 5.49 Å². The molecule has 17 heavy (non-hydrogen) atoms. The van der Waals surface area contributed by atoms with E-state index < -0.39 is 36.8 Å². The molecule has 0 saturated carbocycles. The van der Waals surface area contributed by atoms with Gasteiger partial charge in [-0.25, -0.2) is 0 Å². The third-order valence-corrected chi connectivity index (χ3v) is 4.46. The summed E-state index contributed by atoms with van der Waals surface area (Å²) >= 11 is 0.587. The maximum absolute atomic E-state index is 10.3. The first kappa shape index (κ1) is 21.6. The van der Waals surface area contributed by atoms with E-state index in [1.54, 1.807) is 0 Å². The van der Waals surface area contributed by atoms with E-state index in [0.717, 1.165) is 0 Å². The minimum Gasteiger partial charge on any atom is -0.810 e. The van der Waals surface area contributed by atoms with Gasteiger partial charge in [-0.2, -0.15) is 0 Å². The summed E-state index contributed by atoms with van der Waals surface area (Å²) in [5.74, 6) is 0. The summed E-state index contributed by atoms with van der Waals surface area (Å²) in [6.45, 7) is -0.210. The number of ether oxygens (including phenoxy) is 1. The first-order valence-electron chi connectivity index (χ1n) is 4.10. The zero-order chi connectivity index (χ0) is 11.6. The third-order valence-electron chi connectivity index (χ3n) is 1.85. The normalized spacial score (nSPS) is 33.5. The molecule has 0 amide bonds.